The van der Waals surface area contributed by atoms with Gasteiger partial charge in [-0.3, -0.25) is 4.79 Å². The number of nitrogens with one attached hydrogen (secondary N) is 1. The van der Waals surface area contributed by atoms with E-state index < -0.39 is 5.92 Å². The monoisotopic (exact) mass is 477 g/mol. The van der Waals surface area contributed by atoms with Crippen molar-refractivity contribution in [1.29, 1.82) is 0 Å². The number of dihydropyridines is 1. The summed E-state index contributed by atoms with van der Waals surface area (Å²) in [5.74, 6) is 0.960. The van der Waals surface area contributed by atoms with Crippen molar-refractivity contribution < 1.29 is 28.2 Å². The van der Waals surface area contributed by atoms with Crippen LogP contribution in [0.1, 0.15) is 68.6 Å². The van der Waals surface area contributed by atoms with Crippen LogP contribution in [0.4, 0.5) is 0 Å². The van der Waals surface area contributed by atoms with E-state index in [9.17, 15) is 9.59 Å². The molecule has 1 aromatic heterocycles. The summed E-state index contributed by atoms with van der Waals surface area (Å²) in [6, 6.07) is 9.30. The number of rotatable bonds is 6. The maximum absolute atomic E-state index is 13.6. The van der Waals surface area contributed by atoms with Crippen LogP contribution in [0, 0.1) is 0 Å². The number of furan rings is 1. The third kappa shape index (κ3) is 4.35. The van der Waals surface area contributed by atoms with E-state index in [1.807, 2.05) is 37.3 Å². The van der Waals surface area contributed by atoms with Crippen molar-refractivity contribution in [3.8, 4) is 11.5 Å². The first-order valence-electron chi connectivity index (χ1n) is 12.2. The van der Waals surface area contributed by atoms with Gasteiger partial charge < -0.3 is 23.9 Å². The second-order valence-corrected chi connectivity index (χ2v) is 9.46. The number of esters is 1. The highest BCUT2D eigenvalue weighted by Crippen LogP contribution is 2.47. The Morgan fingerprint density at radius 1 is 1.06 bits per heavy atom. The van der Waals surface area contributed by atoms with Crippen LogP contribution in [0.3, 0.4) is 0 Å². The van der Waals surface area contributed by atoms with Crippen LogP contribution in [0.2, 0.25) is 0 Å². The van der Waals surface area contributed by atoms with E-state index in [2.05, 4.69) is 5.32 Å². The molecule has 1 fully saturated rings. The number of benzene rings is 1. The van der Waals surface area contributed by atoms with Crippen molar-refractivity contribution in [2.75, 3.05) is 14.2 Å². The van der Waals surface area contributed by atoms with Crippen molar-refractivity contribution >= 4 is 11.8 Å². The van der Waals surface area contributed by atoms with Gasteiger partial charge in [-0.15, -0.1) is 0 Å². The third-order valence-electron chi connectivity index (χ3n) is 7.31. The summed E-state index contributed by atoms with van der Waals surface area (Å²) in [7, 11) is 3.15. The van der Waals surface area contributed by atoms with Crippen LogP contribution in [-0.4, -0.2) is 32.1 Å². The summed E-state index contributed by atoms with van der Waals surface area (Å²) in [6.45, 7) is 1.88. The molecule has 2 heterocycles. The predicted molar refractivity (Wildman–Crippen MR) is 129 cm³/mol. The number of Topliss-reactive ketones (excluding diaryl/α,β-unsaturated/α-hetero) is 1. The molecule has 2 atom stereocenters. The lowest BCUT2D eigenvalue weighted by Gasteiger charge is -2.36. The van der Waals surface area contributed by atoms with Gasteiger partial charge in [-0.25, -0.2) is 4.79 Å². The van der Waals surface area contributed by atoms with E-state index in [0.717, 1.165) is 42.7 Å². The minimum Gasteiger partial charge on any atom is -0.493 e. The number of ketones is 1. The van der Waals surface area contributed by atoms with Crippen LogP contribution in [0.5, 0.6) is 11.5 Å². The molecule has 0 amide bonds. The Labute approximate surface area is 205 Å². The summed E-state index contributed by atoms with van der Waals surface area (Å²) in [5.41, 5.74) is 3.42. The molecule has 1 aliphatic heterocycles. The topological polar surface area (TPSA) is 87.0 Å². The molecule has 7 nitrogen and oxygen atoms in total. The molecule has 35 heavy (non-hydrogen) atoms. The maximum atomic E-state index is 13.6. The van der Waals surface area contributed by atoms with Gasteiger partial charge in [-0.2, -0.15) is 0 Å². The second kappa shape index (κ2) is 9.64. The fourth-order valence-corrected chi connectivity index (χ4v) is 5.62. The predicted octanol–water partition coefficient (Wildman–Crippen LogP) is 5.14. The Balaban J connectivity index is 1.58. The zero-order chi connectivity index (χ0) is 24.5. The molecule has 0 saturated heterocycles. The minimum absolute atomic E-state index is 0.00130. The van der Waals surface area contributed by atoms with Gasteiger partial charge in [-0.1, -0.05) is 6.07 Å². The normalized spacial score (nSPS) is 22.7. The molecule has 1 saturated carbocycles. The quantitative estimate of drug-likeness (QED) is 0.576. The molecule has 3 aliphatic rings. The molecule has 2 unspecified atom stereocenters. The Bertz CT molecular complexity index is 1190. The van der Waals surface area contributed by atoms with Crippen molar-refractivity contribution in [2.24, 2.45) is 0 Å². The van der Waals surface area contributed by atoms with E-state index >= 15 is 0 Å². The molecular formula is C28H31NO6. The van der Waals surface area contributed by atoms with Gasteiger partial charge in [-0.05, 0) is 68.9 Å². The Kier molecular flexibility index (Phi) is 6.41. The van der Waals surface area contributed by atoms with Gasteiger partial charge >= 0.3 is 5.97 Å². The molecule has 0 radical (unpaired) electrons. The molecule has 184 valence electrons. The second-order valence-electron chi connectivity index (χ2n) is 9.46. The SMILES string of the molecule is COc1ccc(C2C(C(=O)OC3CCCC3)=C(C)NC3=C2C(=O)CC(c2ccco2)C3)cc1OC. The van der Waals surface area contributed by atoms with E-state index in [1.165, 1.54) is 0 Å². The number of carbonyl (C=O) groups excluding carboxylic acids is 2. The zero-order valence-corrected chi connectivity index (χ0v) is 20.4. The number of hydrogen-bond acceptors (Lipinski definition) is 7. The third-order valence-corrected chi connectivity index (χ3v) is 7.31. The molecule has 2 aliphatic carbocycles. The number of methoxy groups -OCH3 is 2. The van der Waals surface area contributed by atoms with Crippen LogP contribution >= 0.6 is 0 Å². The summed E-state index contributed by atoms with van der Waals surface area (Å²) in [5, 5.41) is 3.39. The van der Waals surface area contributed by atoms with Crippen molar-refractivity contribution in [3.63, 3.8) is 0 Å². The first-order chi connectivity index (χ1) is 17.0. The van der Waals surface area contributed by atoms with Gasteiger partial charge in [0.2, 0.25) is 0 Å². The first-order valence-corrected chi connectivity index (χ1v) is 12.2. The first kappa shape index (κ1) is 23.3. The maximum Gasteiger partial charge on any atom is 0.337 e. The highest BCUT2D eigenvalue weighted by atomic mass is 16.5. The zero-order valence-electron chi connectivity index (χ0n) is 20.4. The lowest BCUT2D eigenvalue weighted by Crippen LogP contribution is -2.36. The summed E-state index contributed by atoms with van der Waals surface area (Å²) >= 11 is 0. The van der Waals surface area contributed by atoms with Gasteiger partial charge in [0.1, 0.15) is 11.9 Å². The Hall–Kier alpha value is -3.48. The van der Waals surface area contributed by atoms with E-state index in [-0.39, 0.29) is 23.8 Å². The Morgan fingerprint density at radius 3 is 2.51 bits per heavy atom. The molecule has 2 aromatic rings. The molecule has 1 aromatic carbocycles. The molecule has 0 spiro atoms. The van der Waals surface area contributed by atoms with E-state index in [0.29, 0.717) is 41.2 Å². The highest BCUT2D eigenvalue weighted by Gasteiger charge is 2.42. The summed E-state index contributed by atoms with van der Waals surface area (Å²) in [6.07, 6.45) is 6.39. The van der Waals surface area contributed by atoms with E-state index in [4.69, 9.17) is 18.6 Å². The van der Waals surface area contributed by atoms with Gasteiger partial charge in [0.05, 0.1) is 26.1 Å². The average molecular weight is 478 g/mol. The smallest absolute Gasteiger partial charge is 0.337 e. The minimum atomic E-state index is -0.551. The average Bonchev–Trinajstić information content (AvgIpc) is 3.57. The van der Waals surface area contributed by atoms with Crippen LogP contribution in [0.25, 0.3) is 0 Å². The Morgan fingerprint density at radius 2 is 1.83 bits per heavy atom. The number of ether oxygens (including phenoxy) is 3. The van der Waals surface area contributed by atoms with Crippen LogP contribution < -0.4 is 14.8 Å². The van der Waals surface area contributed by atoms with Gasteiger partial charge in [0.25, 0.3) is 0 Å². The summed E-state index contributed by atoms with van der Waals surface area (Å²) in [4.78, 5) is 27.2. The molecular weight excluding hydrogens is 446 g/mol. The van der Waals surface area contributed by atoms with Crippen molar-refractivity contribution in [2.45, 2.75) is 63.4 Å². The van der Waals surface area contributed by atoms with Crippen molar-refractivity contribution in [3.05, 3.63) is 70.5 Å². The number of hydrogen-bond donors (Lipinski definition) is 1. The van der Waals surface area contributed by atoms with Gasteiger partial charge in [0, 0.05) is 35.2 Å². The molecule has 0 bridgehead atoms. The lowest BCUT2D eigenvalue weighted by molar-refractivity contribution is -0.144. The lowest BCUT2D eigenvalue weighted by atomic mass is 9.72. The van der Waals surface area contributed by atoms with Crippen molar-refractivity contribution in [1.82, 2.24) is 5.32 Å². The standard InChI is InChI=1S/C28H31NO6/c1-16-25(28(31)35-19-7-4-5-8-19)26(17-10-11-23(32-2)24(15-17)33-3)27-20(29-16)13-18(14-21(27)30)22-9-6-12-34-22/h6,9-12,15,18-19,26,29H,4-5,7-8,13-14H2,1-3H3. The fraction of sp³-hybridized carbons (Fsp3) is 0.429. The van der Waals surface area contributed by atoms with Gasteiger partial charge in [0.15, 0.2) is 17.3 Å². The molecule has 5 rings (SSSR count). The largest absolute Gasteiger partial charge is 0.493 e. The number of allylic oxidation sites excluding steroid dienone is 3. The van der Waals surface area contributed by atoms with Crippen LogP contribution in [-0.2, 0) is 14.3 Å². The highest BCUT2D eigenvalue weighted by molar-refractivity contribution is 6.04. The van der Waals surface area contributed by atoms with Crippen LogP contribution in [0.15, 0.2) is 63.6 Å². The number of carbonyl (C=O) groups is 2. The molecule has 1 N–H and O–H groups in total. The summed E-state index contributed by atoms with van der Waals surface area (Å²) < 4.78 is 22.5. The molecule has 7 heteroatoms. The fourth-order valence-electron chi connectivity index (χ4n) is 5.62. The van der Waals surface area contributed by atoms with E-state index in [1.54, 1.807) is 20.5 Å².